The summed E-state index contributed by atoms with van der Waals surface area (Å²) in [6.45, 7) is 0.420. The quantitative estimate of drug-likeness (QED) is 0.685. The molecule has 0 bridgehead atoms. The molecule has 0 spiro atoms. The summed E-state index contributed by atoms with van der Waals surface area (Å²) in [5.74, 6) is -0.745. The van der Waals surface area contributed by atoms with Crippen molar-refractivity contribution in [3.63, 3.8) is 0 Å². The molecule has 6 heteroatoms. The number of halogens is 2. The molecule has 0 saturated heterocycles. The molecule has 0 fully saturated rings. The number of nitrogens with one attached hydrogen (secondary N) is 1. The lowest BCUT2D eigenvalue weighted by molar-refractivity contribution is -0.118. The van der Waals surface area contributed by atoms with Crippen LogP contribution in [-0.2, 0) is 17.8 Å². The SMILES string of the molecule is O=C1NC(c2cc(F)ccc2Cl)c2c1cccc2N1Cc2ccccc2CC1=O. The standard InChI is InChI=1S/C23H16ClFN2O2/c24-18-9-8-15(25)11-17(18)22-21-16(23(29)26-22)6-3-7-19(21)27-12-14-5-2-1-4-13(14)10-20(27)28/h1-9,11,22H,10,12H2,(H,26,29). The lowest BCUT2D eigenvalue weighted by atomic mass is 9.93. The molecular formula is C23H16ClFN2O2. The lowest BCUT2D eigenvalue weighted by Gasteiger charge is -2.31. The van der Waals surface area contributed by atoms with E-state index in [9.17, 15) is 14.0 Å². The molecule has 0 aromatic heterocycles. The van der Waals surface area contributed by atoms with E-state index in [0.717, 1.165) is 11.1 Å². The van der Waals surface area contributed by atoms with Crippen LogP contribution in [0.4, 0.5) is 10.1 Å². The highest BCUT2D eigenvalue weighted by molar-refractivity contribution is 6.31. The van der Waals surface area contributed by atoms with Crippen molar-refractivity contribution in [1.29, 1.82) is 0 Å². The molecule has 3 aromatic rings. The highest BCUT2D eigenvalue weighted by Gasteiger charge is 2.36. The van der Waals surface area contributed by atoms with Gasteiger partial charge in [-0.2, -0.15) is 0 Å². The Morgan fingerprint density at radius 1 is 1.00 bits per heavy atom. The second kappa shape index (κ2) is 6.71. The van der Waals surface area contributed by atoms with Gasteiger partial charge < -0.3 is 10.2 Å². The first-order valence-electron chi connectivity index (χ1n) is 9.29. The lowest BCUT2D eigenvalue weighted by Crippen LogP contribution is -2.37. The third-order valence-corrected chi connectivity index (χ3v) is 5.89. The summed E-state index contributed by atoms with van der Waals surface area (Å²) >= 11 is 6.33. The summed E-state index contributed by atoms with van der Waals surface area (Å²) in [5, 5.41) is 3.25. The van der Waals surface area contributed by atoms with E-state index in [-0.39, 0.29) is 11.8 Å². The van der Waals surface area contributed by atoms with Crippen LogP contribution in [0.5, 0.6) is 0 Å². The third-order valence-electron chi connectivity index (χ3n) is 5.54. The average molecular weight is 407 g/mol. The average Bonchev–Trinajstić information content (AvgIpc) is 3.06. The molecular weight excluding hydrogens is 391 g/mol. The van der Waals surface area contributed by atoms with Gasteiger partial charge in [-0.3, -0.25) is 9.59 Å². The molecule has 3 aromatic carbocycles. The topological polar surface area (TPSA) is 49.4 Å². The van der Waals surface area contributed by atoms with E-state index in [1.807, 2.05) is 30.3 Å². The van der Waals surface area contributed by atoms with Crippen LogP contribution < -0.4 is 10.2 Å². The zero-order valence-corrected chi connectivity index (χ0v) is 16.0. The minimum Gasteiger partial charge on any atom is -0.341 e. The van der Waals surface area contributed by atoms with E-state index in [2.05, 4.69) is 5.32 Å². The molecule has 4 nitrogen and oxygen atoms in total. The van der Waals surface area contributed by atoms with Crippen LogP contribution in [0, 0.1) is 5.82 Å². The number of rotatable bonds is 2. The van der Waals surface area contributed by atoms with Crippen molar-refractivity contribution in [2.75, 3.05) is 4.90 Å². The molecule has 2 amide bonds. The number of fused-ring (bicyclic) bond motifs is 2. The first kappa shape index (κ1) is 17.9. The summed E-state index contributed by atoms with van der Waals surface area (Å²) in [4.78, 5) is 27.2. The Morgan fingerprint density at radius 2 is 1.79 bits per heavy atom. The summed E-state index contributed by atoms with van der Waals surface area (Å²) in [7, 11) is 0. The molecule has 2 heterocycles. The Hall–Kier alpha value is -3.18. The number of hydrogen-bond acceptors (Lipinski definition) is 2. The summed E-state index contributed by atoms with van der Waals surface area (Å²) < 4.78 is 13.9. The largest absolute Gasteiger partial charge is 0.341 e. The van der Waals surface area contributed by atoms with Gasteiger partial charge in [0.15, 0.2) is 0 Å². The van der Waals surface area contributed by atoms with E-state index in [4.69, 9.17) is 11.6 Å². The maximum atomic E-state index is 13.9. The summed E-state index contributed by atoms with van der Waals surface area (Å²) in [6.07, 6.45) is 0.298. The van der Waals surface area contributed by atoms with E-state index in [1.54, 1.807) is 17.0 Å². The highest BCUT2D eigenvalue weighted by Crippen LogP contribution is 2.41. The zero-order chi connectivity index (χ0) is 20.1. The normalized spacial score (nSPS) is 17.7. The minimum atomic E-state index is -0.623. The fourth-order valence-corrected chi connectivity index (χ4v) is 4.39. The van der Waals surface area contributed by atoms with Gasteiger partial charge in [0, 0.05) is 21.7 Å². The second-order valence-electron chi connectivity index (χ2n) is 7.24. The Balaban J connectivity index is 1.65. The van der Waals surface area contributed by atoms with Gasteiger partial charge in [0.2, 0.25) is 5.91 Å². The van der Waals surface area contributed by atoms with E-state index >= 15 is 0 Å². The number of hydrogen-bond donors (Lipinski definition) is 1. The molecule has 2 aliphatic heterocycles. The van der Waals surface area contributed by atoms with Crippen LogP contribution in [0.25, 0.3) is 0 Å². The third kappa shape index (κ3) is 2.89. The van der Waals surface area contributed by atoms with E-state index in [0.29, 0.717) is 40.4 Å². The van der Waals surface area contributed by atoms with Crippen molar-refractivity contribution < 1.29 is 14.0 Å². The molecule has 0 aliphatic carbocycles. The Labute approximate surface area is 171 Å². The minimum absolute atomic E-state index is 0.0412. The molecule has 1 atom stereocenters. The summed E-state index contributed by atoms with van der Waals surface area (Å²) in [6, 6.07) is 16.6. The maximum Gasteiger partial charge on any atom is 0.252 e. The number of nitrogens with zero attached hydrogens (tertiary/aromatic N) is 1. The molecule has 0 radical (unpaired) electrons. The molecule has 0 saturated carbocycles. The molecule has 1 unspecified atom stereocenters. The summed E-state index contributed by atoms with van der Waals surface area (Å²) in [5.41, 5.74) is 4.32. The van der Waals surface area contributed by atoms with Gasteiger partial charge in [0.25, 0.3) is 5.91 Å². The van der Waals surface area contributed by atoms with Crippen LogP contribution in [0.1, 0.15) is 38.7 Å². The first-order chi connectivity index (χ1) is 14.0. The van der Waals surface area contributed by atoms with Gasteiger partial charge in [0.05, 0.1) is 24.7 Å². The predicted octanol–water partition coefficient (Wildman–Crippen LogP) is 4.40. The number of anilines is 1. The Morgan fingerprint density at radius 3 is 2.62 bits per heavy atom. The van der Waals surface area contributed by atoms with E-state index in [1.165, 1.54) is 18.2 Å². The smallest absolute Gasteiger partial charge is 0.252 e. The fraction of sp³-hybridized carbons (Fsp3) is 0.130. The van der Waals surface area contributed by atoms with Crippen molar-refractivity contribution in [3.8, 4) is 0 Å². The van der Waals surface area contributed by atoms with Crippen LogP contribution in [0.3, 0.4) is 0 Å². The van der Waals surface area contributed by atoms with Crippen molar-refractivity contribution in [2.45, 2.75) is 19.0 Å². The number of carbonyl (C=O) groups excluding carboxylic acids is 2. The highest BCUT2D eigenvalue weighted by atomic mass is 35.5. The van der Waals surface area contributed by atoms with Gasteiger partial charge in [-0.15, -0.1) is 0 Å². The van der Waals surface area contributed by atoms with Crippen molar-refractivity contribution >= 4 is 29.1 Å². The molecule has 144 valence electrons. The molecule has 29 heavy (non-hydrogen) atoms. The van der Waals surface area contributed by atoms with Crippen LogP contribution in [0.15, 0.2) is 60.7 Å². The van der Waals surface area contributed by atoms with Gasteiger partial charge >= 0.3 is 0 Å². The monoisotopic (exact) mass is 406 g/mol. The number of benzene rings is 3. The zero-order valence-electron chi connectivity index (χ0n) is 15.3. The van der Waals surface area contributed by atoms with Gasteiger partial charge in [0.1, 0.15) is 5.82 Å². The molecule has 2 aliphatic rings. The first-order valence-corrected chi connectivity index (χ1v) is 9.66. The Bertz CT molecular complexity index is 1180. The van der Waals surface area contributed by atoms with Crippen molar-refractivity contribution in [1.82, 2.24) is 5.32 Å². The van der Waals surface area contributed by atoms with Crippen molar-refractivity contribution in [3.05, 3.63) is 99.3 Å². The molecule has 5 rings (SSSR count). The predicted molar refractivity (Wildman–Crippen MR) is 108 cm³/mol. The van der Waals surface area contributed by atoms with Crippen LogP contribution in [-0.4, -0.2) is 11.8 Å². The van der Waals surface area contributed by atoms with Crippen molar-refractivity contribution in [2.24, 2.45) is 0 Å². The van der Waals surface area contributed by atoms with Gasteiger partial charge in [-0.1, -0.05) is 41.9 Å². The second-order valence-corrected chi connectivity index (χ2v) is 7.64. The van der Waals surface area contributed by atoms with Crippen LogP contribution >= 0.6 is 11.6 Å². The van der Waals surface area contributed by atoms with Gasteiger partial charge in [-0.05, 0) is 41.5 Å². The van der Waals surface area contributed by atoms with Crippen LogP contribution in [0.2, 0.25) is 5.02 Å². The Kier molecular flexibility index (Phi) is 4.14. The maximum absolute atomic E-state index is 13.9. The number of carbonyl (C=O) groups is 2. The fourth-order valence-electron chi connectivity index (χ4n) is 4.16. The number of amides is 2. The molecule has 1 N–H and O–H groups in total. The van der Waals surface area contributed by atoms with Gasteiger partial charge in [-0.25, -0.2) is 4.39 Å². The van der Waals surface area contributed by atoms with E-state index < -0.39 is 11.9 Å².